The van der Waals surface area contributed by atoms with Gasteiger partial charge in [0.25, 0.3) is 0 Å². The number of carbonyl (C=O) groups is 1. The van der Waals surface area contributed by atoms with Gasteiger partial charge in [-0.2, -0.15) is 0 Å². The molecule has 0 aliphatic carbocycles. The van der Waals surface area contributed by atoms with Crippen LogP contribution < -0.4 is 0 Å². The van der Waals surface area contributed by atoms with Gasteiger partial charge in [-0.25, -0.2) is 18.4 Å². The van der Waals surface area contributed by atoms with E-state index in [-0.39, 0.29) is 29.2 Å². The summed E-state index contributed by atoms with van der Waals surface area (Å²) in [7, 11) is -1.48. The lowest BCUT2D eigenvalue weighted by Crippen LogP contribution is -2.44. The van der Waals surface area contributed by atoms with E-state index in [1.807, 2.05) is 20.8 Å². The molecule has 1 aliphatic rings. The fourth-order valence-electron chi connectivity index (χ4n) is 2.74. The molecule has 0 N–H and O–H groups in total. The van der Waals surface area contributed by atoms with E-state index in [4.69, 9.17) is 4.74 Å². The third kappa shape index (κ3) is 5.39. The summed E-state index contributed by atoms with van der Waals surface area (Å²) in [4.78, 5) is 23.1. The maximum Gasteiger partial charge on any atom is 0.233 e. The van der Waals surface area contributed by atoms with Crippen LogP contribution in [0.1, 0.15) is 23.4 Å². The first-order valence-corrected chi connectivity index (χ1v) is 11.0. The van der Waals surface area contributed by atoms with Gasteiger partial charge in [0.2, 0.25) is 5.91 Å². The minimum Gasteiger partial charge on any atom is -0.383 e. The predicted molar refractivity (Wildman–Crippen MR) is 97.6 cm³/mol. The van der Waals surface area contributed by atoms with Gasteiger partial charge in [0.05, 0.1) is 23.9 Å². The molecule has 1 aromatic rings. The van der Waals surface area contributed by atoms with Gasteiger partial charge in [0.15, 0.2) is 15.0 Å². The summed E-state index contributed by atoms with van der Waals surface area (Å²) in [6.07, 6.45) is 0.488. The molecule has 0 bridgehead atoms. The van der Waals surface area contributed by atoms with Crippen molar-refractivity contribution >= 4 is 27.5 Å². The molecule has 0 unspecified atom stereocenters. The SMILES string of the molecule is COCCN(C(=O)CSc1nc(C)c(C)c(C)n1)[C@@H]1CCS(=O)(=O)C1. The number of hydrogen-bond acceptors (Lipinski definition) is 7. The summed E-state index contributed by atoms with van der Waals surface area (Å²) in [5.41, 5.74) is 2.86. The summed E-state index contributed by atoms with van der Waals surface area (Å²) in [6.45, 7) is 6.58. The quantitative estimate of drug-likeness (QED) is 0.512. The van der Waals surface area contributed by atoms with Crippen LogP contribution in [0, 0.1) is 20.8 Å². The van der Waals surface area contributed by atoms with Crippen LogP contribution in [0.2, 0.25) is 0 Å². The molecule has 0 saturated carbocycles. The first kappa shape index (κ1) is 20.1. The predicted octanol–water partition coefficient (Wildman–Crippen LogP) is 1.16. The van der Waals surface area contributed by atoms with Crippen molar-refractivity contribution < 1.29 is 17.9 Å². The van der Waals surface area contributed by atoms with E-state index in [0.717, 1.165) is 17.0 Å². The number of methoxy groups -OCH3 is 1. The number of sulfone groups is 1. The molecule has 1 amide bonds. The maximum atomic E-state index is 12.7. The molecule has 2 rings (SSSR count). The Morgan fingerprint density at radius 3 is 2.44 bits per heavy atom. The first-order valence-electron chi connectivity index (χ1n) is 8.17. The van der Waals surface area contributed by atoms with Crippen molar-refractivity contribution in [1.29, 1.82) is 0 Å². The van der Waals surface area contributed by atoms with Crippen molar-refractivity contribution in [2.24, 2.45) is 0 Å². The van der Waals surface area contributed by atoms with Gasteiger partial charge in [-0.3, -0.25) is 4.79 Å². The molecule has 1 saturated heterocycles. The zero-order valence-electron chi connectivity index (χ0n) is 15.1. The largest absolute Gasteiger partial charge is 0.383 e. The Morgan fingerprint density at radius 2 is 1.92 bits per heavy atom. The zero-order chi connectivity index (χ0) is 18.6. The van der Waals surface area contributed by atoms with Gasteiger partial charge in [0.1, 0.15) is 0 Å². The van der Waals surface area contributed by atoms with Gasteiger partial charge in [-0.05, 0) is 32.8 Å². The van der Waals surface area contributed by atoms with Crippen molar-refractivity contribution in [3.8, 4) is 0 Å². The third-order valence-electron chi connectivity index (χ3n) is 4.44. The minimum absolute atomic E-state index is 0.0341. The normalized spacial score (nSPS) is 19.1. The number of thioether (sulfide) groups is 1. The maximum absolute atomic E-state index is 12.7. The van der Waals surface area contributed by atoms with Crippen LogP contribution >= 0.6 is 11.8 Å². The average Bonchev–Trinajstić information content (AvgIpc) is 2.90. The monoisotopic (exact) mass is 387 g/mol. The molecule has 0 radical (unpaired) electrons. The number of carbonyl (C=O) groups excluding carboxylic acids is 1. The number of amides is 1. The van der Waals surface area contributed by atoms with Gasteiger partial charge < -0.3 is 9.64 Å². The lowest BCUT2D eigenvalue weighted by Gasteiger charge is -2.28. The smallest absolute Gasteiger partial charge is 0.233 e. The van der Waals surface area contributed by atoms with Crippen LogP contribution in [0.25, 0.3) is 0 Å². The van der Waals surface area contributed by atoms with Gasteiger partial charge >= 0.3 is 0 Å². The van der Waals surface area contributed by atoms with E-state index in [1.54, 1.807) is 12.0 Å². The van der Waals surface area contributed by atoms with Gasteiger partial charge in [-0.1, -0.05) is 11.8 Å². The molecule has 0 aromatic carbocycles. The second kappa shape index (κ2) is 8.46. The Hall–Kier alpha value is -1.19. The van der Waals surface area contributed by atoms with E-state index in [2.05, 4.69) is 9.97 Å². The van der Waals surface area contributed by atoms with Crippen molar-refractivity contribution in [3.05, 3.63) is 17.0 Å². The van der Waals surface area contributed by atoms with E-state index in [0.29, 0.717) is 24.7 Å². The summed E-state index contributed by atoms with van der Waals surface area (Å²) in [5, 5.41) is 0.569. The van der Waals surface area contributed by atoms with E-state index in [9.17, 15) is 13.2 Å². The molecule has 1 atom stereocenters. The van der Waals surface area contributed by atoms with Gasteiger partial charge in [0, 0.05) is 31.1 Å². The van der Waals surface area contributed by atoms with Crippen LogP contribution in [0.4, 0.5) is 0 Å². The highest BCUT2D eigenvalue weighted by atomic mass is 32.2. The Morgan fingerprint density at radius 1 is 1.28 bits per heavy atom. The van der Waals surface area contributed by atoms with Crippen LogP contribution in [0.3, 0.4) is 0 Å². The molecule has 25 heavy (non-hydrogen) atoms. The lowest BCUT2D eigenvalue weighted by atomic mass is 10.2. The molecule has 7 nitrogen and oxygen atoms in total. The first-order chi connectivity index (χ1) is 11.7. The molecule has 2 heterocycles. The topological polar surface area (TPSA) is 89.5 Å². The number of aryl methyl sites for hydroxylation is 2. The fraction of sp³-hybridized carbons (Fsp3) is 0.688. The third-order valence-corrected chi connectivity index (χ3v) is 7.03. The molecule has 140 valence electrons. The number of nitrogens with zero attached hydrogens (tertiary/aromatic N) is 3. The van der Waals surface area contributed by atoms with Crippen LogP contribution in [0.15, 0.2) is 5.16 Å². The second-order valence-electron chi connectivity index (χ2n) is 6.23. The van der Waals surface area contributed by atoms with Crippen LogP contribution in [-0.2, 0) is 19.4 Å². The van der Waals surface area contributed by atoms with Crippen LogP contribution in [0.5, 0.6) is 0 Å². The van der Waals surface area contributed by atoms with Crippen molar-refractivity contribution in [2.45, 2.75) is 38.4 Å². The number of rotatable bonds is 7. The Bertz CT molecular complexity index is 714. The van der Waals surface area contributed by atoms with Crippen LogP contribution in [-0.4, -0.2) is 72.8 Å². The highest BCUT2D eigenvalue weighted by Crippen LogP contribution is 2.21. The Labute approximate surface area is 153 Å². The summed E-state index contributed by atoms with van der Waals surface area (Å²) < 4.78 is 28.5. The van der Waals surface area contributed by atoms with Crippen molar-refractivity contribution in [1.82, 2.24) is 14.9 Å². The van der Waals surface area contributed by atoms with Crippen molar-refractivity contribution in [3.63, 3.8) is 0 Å². The van der Waals surface area contributed by atoms with Gasteiger partial charge in [-0.15, -0.1) is 0 Å². The van der Waals surface area contributed by atoms with E-state index in [1.165, 1.54) is 11.8 Å². The van der Waals surface area contributed by atoms with Crippen molar-refractivity contribution in [2.75, 3.05) is 37.5 Å². The fourth-order valence-corrected chi connectivity index (χ4v) is 5.29. The molecule has 1 fully saturated rings. The number of ether oxygens (including phenoxy) is 1. The summed E-state index contributed by atoms with van der Waals surface area (Å²) in [6, 6.07) is -0.268. The molecule has 1 aromatic heterocycles. The zero-order valence-corrected chi connectivity index (χ0v) is 16.7. The molecular formula is C16H25N3O4S2. The Kier molecular flexibility index (Phi) is 6.81. The standard InChI is InChI=1S/C16H25N3O4S2/c1-11-12(2)17-16(18-13(11)3)24-9-15(20)19(6-7-23-4)14-5-8-25(21,22)10-14/h14H,5-10H2,1-4H3/t14-/m1/s1. The molecule has 0 spiro atoms. The highest BCUT2D eigenvalue weighted by Gasteiger charge is 2.34. The average molecular weight is 388 g/mol. The second-order valence-corrected chi connectivity index (χ2v) is 9.40. The minimum atomic E-state index is -3.05. The summed E-state index contributed by atoms with van der Waals surface area (Å²) >= 11 is 1.28. The van der Waals surface area contributed by atoms with E-state index >= 15 is 0 Å². The molecular weight excluding hydrogens is 362 g/mol. The Balaban J connectivity index is 2.04. The van der Waals surface area contributed by atoms with E-state index < -0.39 is 9.84 Å². The summed E-state index contributed by atoms with van der Waals surface area (Å²) in [5.74, 6) is 0.249. The lowest BCUT2D eigenvalue weighted by molar-refractivity contribution is -0.130. The molecule has 1 aliphatic heterocycles. The number of aromatic nitrogens is 2. The highest BCUT2D eigenvalue weighted by molar-refractivity contribution is 7.99. The number of hydrogen-bond donors (Lipinski definition) is 0. The molecule has 9 heteroatoms.